The van der Waals surface area contributed by atoms with Crippen LogP contribution in [-0.4, -0.2) is 43.0 Å². The molecule has 3 heteroatoms. The molecule has 98 valence electrons. The Morgan fingerprint density at radius 2 is 1.83 bits per heavy atom. The highest BCUT2D eigenvalue weighted by molar-refractivity contribution is 5.74. The first-order valence-electron chi connectivity index (χ1n) is 6.59. The Hall–Kier alpha value is -1.19. The van der Waals surface area contributed by atoms with Crippen LogP contribution in [0.5, 0.6) is 0 Å². The molecular weight excluding hydrogens is 226 g/mol. The van der Waals surface area contributed by atoms with Crippen molar-refractivity contribution in [3.05, 3.63) is 35.4 Å². The predicted molar refractivity (Wildman–Crippen MR) is 72.0 cm³/mol. The van der Waals surface area contributed by atoms with Crippen molar-refractivity contribution in [3.63, 3.8) is 0 Å². The van der Waals surface area contributed by atoms with E-state index in [9.17, 15) is 4.79 Å². The van der Waals surface area contributed by atoms with Gasteiger partial charge >= 0.3 is 0 Å². The summed E-state index contributed by atoms with van der Waals surface area (Å²) in [7, 11) is 0. The standard InChI is InChI=1S/C15H21NO2/c1-12-9-16(10-13(2)18-12)8-7-14-3-5-15(11-17)6-4-14/h3-6,11-13H,7-10H2,1-2H3. The van der Waals surface area contributed by atoms with E-state index in [1.807, 2.05) is 24.3 Å². The molecule has 2 unspecified atom stereocenters. The molecule has 0 bridgehead atoms. The van der Waals surface area contributed by atoms with Crippen LogP contribution in [0.2, 0.25) is 0 Å². The summed E-state index contributed by atoms with van der Waals surface area (Å²) in [6, 6.07) is 7.84. The second-order valence-electron chi connectivity index (χ2n) is 5.13. The van der Waals surface area contributed by atoms with Crippen molar-refractivity contribution in [3.8, 4) is 0 Å². The number of benzene rings is 1. The molecule has 0 N–H and O–H groups in total. The van der Waals surface area contributed by atoms with Crippen LogP contribution in [0.4, 0.5) is 0 Å². The third kappa shape index (κ3) is 3.65. The van der Waals surface area contributed by atoms with Gasteiger partial charge < -0.3 is 4.74 Å². The Bertz CT molecular complexity index is 378. The van der Waals surface area contributed by atoms with Crippen LogP contribution in [0.3, 0.4) is 0 Å². The zero-order valence-corrected chi connectivity index (χ0v) is 11.1. The quantitative estimate of drug-likeness (QED) is 0.764. The zero-order chi connectivity index (χ0) is 13.0. The molecule has 0 radical (unpaired) electrons. The van der Waals surface area contributed by atoms with Gasteiger partial charge in [0, 0.05) is 25.2 Å². The molecule has 1 aromatic rings. The molecule has 0 aromatic heterocycles. The summed E-state index contributed by atoms with van der Waals surface area (Å²) in [6.07, 6.45) is 2.56. The fourth-order valence-corrected chi connectivity index (χ4v) is 2.52. The maximum absolute atomic E-state index is 10.6. The summed E-state index contributed by atoms with van der Waals surface area (Å²) in [5, 5.41) is 0. The minimum Gasteiger partial charge on any atom is -0.373 e. The second kappa shape index (κ2) is 6.12. The Kier molecular flexibility index (Phi) is 4.50. The number of hydrogen-bond acceptors (Lipinski definition) is 3. The van der Waals surface area contributed by atoms with Crippen LogP contribution in [0.1, 0.15) is 29.8 Å². The van der Waals surface area contributed by atoms with Gasteiger partial charge in [-0.05, 0) is 25.8 Å². The molecule has 18 heavy (non-hydrogen) atoms. The first-order chi connectivity index (χ1) is 8.67. The van der Waals surface area contributed by atoms with Gasteiger partial charge in [-0.1, -0.05) is 24.3 Å². The Balaban J connectivity index is 1.84. The SMILES string of the molecule is CC1CN(CCc2ccc(C=O)cc2)CC(C)O1. The van der Waals surface area contributed by atoms with Gasteiger partial charge in [0.25, 0.3) is 0 Å². The van der Waals surface area contributed by atoms with E-state index in [2.05, 4.69) is 18.7 Å². The van der Waals surface area contributed by atoms with E-state index < -0.39 is 0 Å². The van der Waals surface area contributed by atoms with Crippen LogP contribution in [0, 0.1) is 0 Å². The predicted octanol–water partition coefficient (Wildman–Crippen LogP) is 2.15. The molecule has 0 saturated carbocycles. The van der Waals surface area contributed by atoms with Crippen molar-refractivity contribution in [1.82, 2.24) is 4.90 Å². The van der Waals surface area contributed by atoms with E-state index in [0.717, 1.165) is 37.9 Å². The van der Waals surface area contributed by atoms with Crippen molar-refractivity contribution in [2.45, 2.75) is 32.5 Å². The number of carbonyl (C=O) groups excluding carboxylic acids is 1. The van der Waals surface area contributed by atoms with E-state index in [1.165, 1.54) is 5.56 Å². The van der Waals surface area contributed by atoms with Gasteiger partial charge in [0.1, 0.15) is 6.29 Å². The van der Waals surface area contributed by atoms with Gasteiger partial charge in [-0.3, -0.25) is 9.69 Å². The van der Waals surface area contributed by atoms with Gasteiger partial charge in [0.2, 0.25) is 0 Å². The smallest absolute Gasteiger partial charge is 0.150 e. The second-order valence-corrected chi connectivity index (χ2v) is 5.13. The highest BCUT2D eigenvalue weighted by atomic mass is 16.5. The maximum Gasteiger partial charge on any atom is 0.150 e. The van der Waals surface area contributed by atoms with E-state index >= 15 is 0 Å². The highest BCUT2D eigenvalue weighted by Gasteiger charge is 2.21. The van der Waals surface area contributed by atoms with Crippen molar-refractivity contribution in [2.75, 3.05) is 19.6 Å². The van der Waals surface area contributed by atoms with Crippen LogP contribution in [0.15, 0.2) is 24.3 Å². The average molecular weight is 247 g/mol. The minimum atomic E-state index is 0.325. The van der Waals surface area contributed by atoms with Gasteiger partial charge in [0.15, 0.2) is 0 Å². The van der Waals surface area contributed by atoms with Crippen LogP contribution in [-0.2, 0) is 11.2 Å². The molecule has 1 aromatic carbocycles. The van der Waals surface area contributed by atoms with E-state index in [4.69, 9.17) is 4.74 Å². The molecule has 1 heterocycles. The van der Waals surface area contributed by atoms with Gasteiger partial charge in [0.05, 0.1) is 12.2 Å². The number of aldehydes is 1. The van der Waals surface area contributed by atoms with Crippen molar-refractivity contribution in [2.24, 2.45) is 0 Å². The van der Waals surface area contributed by atoms with E-state index in [1.54, 1.807) is 0 Å². The highest BCUT2D eigenvalue weighted by Crippen LogP contribution is 2.12. The number of rotatable bonds is 4. The molecular formula is C15H21NO2. The molecule has 1 aliphatic heterocycles. The lowest BCUT2D eigenvalue weighted by Crippen LogP contribution is -2.46. The number of carbonyl (C=O) groups is 1. The monoisotopic (exact) mass is 247 g/mol. The summed E-state index contributed by atoms with van der Waals surface area (Å²) in [6.45, 7) is 7.33. The third-order valence-corrected chi connectivity index (χ3v) is 3.33. The van der Waals surface area contributed by atoms with E-state index in [-0.39, 0.29) is 0 Å². The van der Waals surface area contributed by atoms with Crippen molar-refractivity contribution >= 4 is 6.29 Å². The normalized spacial score (nSPS) is 25.0. The molecule has 1 saturated heterocycles. The van der Waals surface area contributed by atoms with Crippen LogP contribution < -0.4 is 0 Å². The van der Waals surface area contributed by atoms with Crippen molar-refractivity contribution < 1.29 is 9.53 Å². The van der Waals surface area contributed by atoms with Gasteiger partial charge in [-0.25, -0.2) is 0 Å². The zero-order valence-electron chi connectivity index (χ0n) is 11.1. The average Bonchev–Trinajstić information content (AvgIpc) is 2.36. The summed E-state index contributed by atoms with van der Waals surface area (Å²) < 4.78 is 5.72. The Morgan fingerprint density at radius 1 is 1.22 bits per heavy atom. The fourth-order valence-electron chi connectivity index (χ4n) is 2.52. The Labute approximate surface area is 109 Å². The molecule has 0 aliphatic carbocycles. The largest absolute Gasteiger partial charge is 0.373 e. The lowest BCUT2D eigenvalue weighted by molar-refractivity contribution is -0.0675. The van der Waals surface area contributed by atoms with Crippen LogP contribution in [0.25, 0.3) is 0 Å². The van der Waals surface area contributed by atoms with Crippen LogP contribution >= 0.6 is 0 Å². The molecule has 1 aliphatic rings. The molecule has 1 fully saturated rings. The summed E-state index contributed by atoms with van der Waals surface area (Å²) in [4.78, 5) is 13.0. The molecule has 2 atom stereocenters. The molecule has 3 nitrogen and oxygen atoms in total. The Morgan fingerprint density at radius 3 is 2.39 bits per heavy atom. The molecule has 0 amide bonds. The van der Waals surface area contributed by atoms with Gasteiger partial charge in [-0.2, -0.15) is 0 Å². The summed E-state index contributed by atoms with van der Waals surface area (Å²) >= 11 is 0. The first kappa shape index (κ1) is 13.2. The fraction of sp³-hybridized carbons (Fsp3) is 0.533. The topological polar surface area (TPSA) is 29.5 Å². The lowest BCUT2D eigenvalue weighted by atomic mass is 10.1. The van der Waals surface area contributed by atoms with Gasteiger partial charge in [-0.15, -0.1) is 0 Å². The maximum atomic E-state index is 10.6. The first-order valence-corrected chi connectivity index (χ1v) is 6.59. The molecule has 2 rings (SSSR count). The van der Waals surface area contributed by atoms with E-state index in [0.29, 0.717) is 12.2 Å². The minimum absolute atomic E-state index is 0.325. The summed E-state index contributed by atoms with van der Waals surface area (Å²) in [5.74, 6) is 0. The molecule has 0 spiro atoms. The number of ether oxygens (including phenoxy) is 1. The third-order valence-electron chi connectivity index (χ3n) is 3.33. The lowest BCUT2D eigenvalue weighted by Gasteiger charge is -2.35. The van der Waals surface area contributed by atoms with Crippen molar-refractivity contribution in [1.29, 1.82) is 0 Å². The number of nitrogens with zero attached hydrogens (tertiary/aromatic N) is 1. The summed E-state index contributed by atoms with van der Waals surface area (Å²) in [5.41, 5.74) is 2.03. The number of hydrogen-bond donors (Lipinski definition) is 0. The number of morpholine rings is 1.